The molecule has 1 saturated heterocycles. The van der Waals surface area contributed by atoms with Crippen molar-refractivity contribution >= 4 is 5.91 Å². The lowest BCUT2D eigenvalue weighted by Crippen LogP contribution is -2.49. The Labute approximate surface area is 110 Å². The molecule has 0 unspecified atom stereocenters. The van der Waals surface area contributed by atoms with Crippen molar-refractivity contribution < 1.29 is 13.6 Å². The van der Waals surface area contributed by atoms with E-state index in [0.717, 1.165) is 24.7 Å². The van der Waals surface area contributed by atoms with Crippen LogP contribution >= 0.6 is 0 Å². The molecule has 6 heteroatoms. The van der Waals surface area contributed by atoms with E-state index in [4.69, 9.17) is 5.73 Å². The highest BCUT2D eigenvalue weighted by molar-refractivity contribution is 5.94. The lowest BCUT2D eigenvalue weighted by molar-refractivity contribution is 0.0636. The Kier molecular flexibility index (Phi) is 4.44. The standard InChI is InChI=1S/C13H17F2N3O/c14-10-1-2-12(15)11(9-10)13(19)18-7-5-17(4-3-16)6-8-18/h1-2,9H,3-8,16H2. The third-order valence-corrected chi connectivity index (χ3v) is 3.26. The first-order valence-electron chi connectivity index (χ1n) is 6.28. The molecule has 1 amide bonds. The first-order chi connectivity index (χ1) is 9.11. The molecule has 1 heterocycles. The van der Waals surface area contributed by atoms with Crippen LogP contribution in [0.15, 0.2) is 18.2 Å². The van der Waals surface area contributed by atoms with Gasteiger partial charge >= 0.3 is 0 Å². The van der Waals surface area contributed by atoms with Crippen LogP contribution in [-0.2, 0) is 0 Å². The molecular weight excluding hydrogens is 252 g/mol. The van der Waals surface area contributed by atoms with Gasteiger partial charge in [0.2, 0.25) is 0 Å². The SMILES string of the molecule is NCCN1CCN(C(=O)c2cc(F)ccc2F)CC1. The zero-order valence-electron chi connectivity index (χ0n) is 10.6. The number of rotatable bonds is 3. The number of benzene rings is 1. The largest absolute Gasteiger partial charge is 0.336 e. The number of halogens is 2. The first-order valence-corrected chi connectivity index (χ1v) is 6.28. The summed E-state index contributed by atoms with van der Waals surface area (Å²) >= 11 is 0. The molecule has 0 atom stereocenters. The van der Waals surface area contributed by atoms with Gasteiger partial charge in [-0.05, 0) is 18.2 Å². The second-order valence-corrected chi connectivity index (χ2v) is 4.55. The van der Waals surface area contributed by atoms with Gasteiger partial charge in [-0.25, -0.2) is 8.78 Å². The van der Waals surface area contributed by atoms with Crippen molar-refractivity contribution in [1.29, 1.82) is 0 Å². The van der Waals surface area contributed by atoms with E-state index in [-0.39, 0.29) is 5.56 Å². The molecule has 0 saturated carbocycles. The molecule has 0 bridgehead atoms. The van der Waals surface area contributed by atoms with Crippen molar-refractivity contribution in [2.45, 2.75) is 0 Å². The topological polar surface area (TPSA) is 49.6 Å². The van der Waals surface area contributed by atoms with Gasteiger partial charge in [0.05, 0.1) is 5.56 Å². The van der Waals surface area contributed by atoms with E-state index in [9.17, 15) is 13.6 Å². The fraction of sp³-hybridized carbons (Fsp3) is 0.462. The zero-order valence-corrected chi connectivity index (χ0v) is 10.6. The summed E-state index contributed by atoms with van der Waals surface area (Å²) in [6, 6.07) is 2.93. The van der Waals surface area contributed by atoms with E-state index in [1.807, 2.05) is 0 Å². The van der Waals surface area contributed by atoms with Crippen LogP contribution in [0, 0.1) is 11.6 Å². The van der Waals surface area contributed by atoms with Crippen LogP contribution in [0.25, 0.3) is 0 Å². The third-order valence-electron chi connectivity index (χ3n) is 3.26. The van der Waals surface area contributed by atoms with E-state index in [2.05, 4.69) is 4.90 Å². The first kappa shape index (κ1) is 13.9. The molecule has 1 fully saturated rings. The van der Waals surface area contributed by atoms with Crippen molar-refractivity contribution in [2.24, 2.45) is 5.73 Å². The number of piperazine rings is 1. The maximum Gasteiger partial charge on any atom is 0.257 e. The average Bonchev–Trinajstić information content (AvgIpc) is 2.42. The maximum absolute atomic E-state index is 13.5. The highest BCUT2D eigenvalue weighted by Gasteiger charge is 2.24. The summed E-state index contributed by atoms with van der Waals surface area (Å²) in [7, 11) is 0. The second kappa shape index (κ2) is 6.08. The minimum Gasteiger partial charge on any atom is -0.336 e. The van der Waals surface area contributed by atoms with Gasteiger partial charge in [-0.15, -0.1) is 0 Å². The predicted molar refractivity (Wildman–Crippen MR) is 67.8 cm³/mol. The van der Waals surface area contributed by atoms with Gasteiger partial charge in [0.25, 0.3) is 5.91 Å². The Morgan fingerprint density at radius 2 is 1.89 bits per heavy atom. The Balaban J connectivity index is 2.03. The molecule has 1 aliphatic rings. The van der Waals surface area contributed by atoms with Crippen molar-refractivity contribution in [2.75, 3.05) is 39.3 Å². The molecule has 1 aromatic rings. The number of amides is 1. The second-order valence-electron chi connectivity index (χ2n) is 4.55. The number of nitrogens with two attached hydrogens (primary N) is 1. The van der Waals surface area contributed by atoms with Crippen LogP contribution < -0.4 is 5.73 Å². The molecule has 4 nitrogen and oxygen atoms in total. The summed E-state index contributed by atoms with van der Waals surface area (Å²) in [6.45, 7) is 3.80. The van der Waals surface area contributed by atoms with Crippen molar-refractivity contribution in [3.63, 3.8) is 0 Å². The van der Waals surface area contributed by atoms with Crippen LogP contribution in [0.4, 0.5) is 8.78 Å². The minimum atomic E-state index is -0.684. The van der Waals surface area contributed by atoms with Crippen LogP contribution in [0.5, 0.6) is 0 Å². The monoisotopic (exact) mass is 269 g/mol. The molecular formula is C13H17F2N3O. The van der Waals surface area contributed by atoms with E-state index in [0.29, 0.717) is 32.7 Å². The number of hydrogen-bond donors (Lipinski definition) is 1. The van der Waals surface area contributed by atoms with E-state index in [1.54, 1.807) is 4.90 Å². The smallest absolute Gasteiger partial charge is 0.257 e. The van der Waals surface area contributed by atoms with Crippen molar-refractivity contribution in [3.05, 3.63) is 35.4 Å². The van der Waals surface area contributed by atoms with Gasteiger partial charge in [0, 0.05) is 39.3 Å². The molecule has 104 valence electrons. The fourth-order valence-corrected chi connectivity index (χ4v) is 2.19. The van der Waals surface area contributed by atoms with Crippen LogP contribution in [0.2, 0.25) is 0 Å². The Hall–Kier alpha value is -1.53. The quantitative estimate of drug-likeness (QED) is 0.878. The molecule has 1 aliphatic heterocycles. The molecule has 0 spiro atoms. The minimum absolute atomic E-state index is 0.202. The number of hydrogen-bond acceptors (Lipinski definition) is 3. The van der Waals surface area contributed by atoms with Gasteiger partial charge < -0.3 is 10.6 Å². The maximum atomic E-state index is 13.5. The van der Waals surface area contributed by atoms with Gasteiger partial charge in [-0.2, -0.15) is 0 Å². The molecule has 2 N–H and O–H groups in total. The highest BCUT2D eigenvalue weighted by Crippen LogP contribution is 2.14. The summed E-state index contributed by atoms with van der Waals surface area (Å²) in [5.74, 6) is -1.74. The summed E-state index contributed by atoms with van der Waals surface area (Å²) in [6.07, 6.45) is 0. The predicted octanol–water partition coefficient (Wildman–Crippen LogP) is 0.681. The summed E-state index contributed by atoms with van der Waals surface area (Å²) in [5, 5.41) is 0. The normalized spacial score (nSPS) is 16.7. The van der Waals surface area contributed by atoms with E-state index < -0.39 is 17.5 Å². The van der Waals surface area contributed by atoms with Gasteiger partial charge in [0.15, 0.2) is 0 Å². The van der Waals surface area contributed by atoms with Crippen molar-refractivity contribution in [3.8, 4) is 0 Å². The Bertz CT molecular complexity index is 459. The third kappa shape index (κ3) is 3.27. The highest BCUT2D eigenvalue weighted by atomic mass is 19.1. The summed E-state index contributed by atoms with van der Waals surface area (Å²) in [5.41, 5.74) is 5.27. The summed E-state index contributed by atoms with van der Waals surface area (Å²) in [4.78, 5) is 15.8. The molecule has 0 aliphatic carbocycles. The van der Waals surface area contributed by atoms with Crippen LogP contribution in [0.3, 0.4) is 0 Å². The van der Waals surface area contributed by atoms with E-state index >= 15 is 0 Å². The Morgan fingerprint density at radius 3 is 2.53 bits per heavy atom. The molecule has 2 rings (SSSR count). The lowest BCUT2D eigenvalue weighted by atomic mass is 10.1. The Morgan fingerprint density at radius 1 is 1.21 bits per heavy atom. The molecule has 19 heavy (non-hydrogen) atoms. The van der Waals surface area contributed by atoms with E-state index in [1.165, 1.54) is 0 Å². The van der Waals surface area contributed by atoms with Crippen molar-refractivity contribution in [1.82, 2.24) is 9.80 Å². The van der Waals surface area contributed by atoms with Crippen LogP contribution in [0.1, 0.15) is 10.4 Å². The van der Waals surface area contributed by atoms with Gasteiger partial charge in [-0.3, -0.25) is 9.69 Å². The molecule has 0 aromatic heterocycles. The number of carbonyl (C=O) groups excluding carboxylic acids is 1. The average molecular weight is 269 g/mol. The van der Waals surface area contributed by atoms with Gasteiger partial charge in [-0.1, -0.05) is 0 Å². The number of nitrogens with zero attached hydrogens (tertiary/aromatic N) is 2. The lowest BCUT2D eigenvalue weighted by Gasteiger charge is -2.34. The molecule has 1 aromatic carbocycles. The zero-order chi connectivity index (χ0) is 13.8. The fourth-order valence-electron chi connectivity index (χ4n) is 2.19. The number of carbonyl (C=O) groups is 1. The van der Waals surface area contributed by atoms with Crippen LogP contribution in [-0.4, -0.2) is 55.0 Å². The summed E-state index contributed by atoms with van der Waals surface area (Å²) < 4.78 is 26.6. The molecule has 0 radical (unpaired) electrons. The van der Waals surface area contributed by atoms with Gasteiger partial charge in [0.1, 0.15) is 11.6 Å².